The number of aromatic nitrogens is 1. The maximum absolute atomic E-state index is 13.1. The van der Waals surface area contributed by atoms with Gasteiger partial charge in [0.2, 0.25) is 15.9 Å². The van der Waals surface area contributed by atoms with E-state index in [4.69, 9.17) is 25.8 Å². The van der Waals surface area contributed by atoms with Crippen LogP contribution >= 0.6 is 11.6 Å². The minimum atomic E-state index is -3.77. The number of rotatable bonds is 8. The number of hydrogen-bond acceptors (Lipinski definition) is 7. The second-order valence-electron chi connectivity index (χ2n) is 7.21. The van der Waals surface area contributed by atoms with Crippen molar-refractivity contribution in [3.8, 4) is 11.6 Å². The zero-order valence-corrected chi connectivity index (χ0v) is 19.7. The summed E-state index contributed by atoms with van der Waals surface area (Å²) in [5.74, 6) is -0.0400. The zero-order valence-electron chi connectivity index (χ0n) is 18.1. The van der Waals surface area contributed by atoms with Gasteiger partial charge in [-0.1, -0.05) is 11.6 Å². The summed E-state index contributed by atoms with van der Waals surface area (Å²) < 4.78 is 43.8. The van der Waals surface area contributed by atoms with Crippen LogP contribution in [0.1, 0.15) is 31.3 Å². The van der Waals surface area contributed by atoms with Crippen LogP contribution in [0.4, 0.5) is 5.69 Å². The Bertz CT molecular complexity index is 1070. The standard InChI is InChI=1S/C21H26ClN3O6S/c1-4-30-19-8-6-16(22)20(24-19)21(26)23-17-13-15(5-7-18(17)31-14(2)3)32(27,28)25-9-11-29-12-10-25/h5-8,13-14H,4,9-12H2,1-3H3,(H,23,26). The third-order valence-corrected chi connectivity index (χ3v) is 6.70. The van der Waals surface area contributed by atoms with Crippen LogP contribution in [-0.2, 0) is 14.8 Å². The van der Waals surface area contributed by atoms with Crippen LogP contribution in [-0.4, -0.2) is 62.6 Å². The topological polar surface area (TPSA) is 107 Å². The number of carbonyl (C=O) groups excluding carboxylic acids is 1. The first kappa shape index (κ1) is 24.2. The molecule has 11 heteroatoms. The van der Waals surface area contributed by atoms with Crippen LogP contribution in [0.15, 0.2) is 35.2 Å². The number of ether oxygens (including phenoxy) is 3. The molecule has 0 radical (unpaired) electrons. The molecule has 32 heavy (non-hydrogen) atoms. The van der Waals surface area contributed by atoms with Crippen molar-refractivity contribution in [3.63, 3.8) is 0 Å². The third kappa shape index (κ3) is 5.69. The largest absolute Gasteiger partial charge is 0.489 e. The maximum Gasteiger partial charge on any atom is 0.276 e. The van der Waals surface area contributed by atoms with Gasteiger partial charge in [0.15, 0.2) is 5.69 Å². The van der Waals surface area contributed by atoms with Gasteiger partial charge in [-0.25, -0.2) is 13.4 Å². The van der Waals surface area contributed by atoms with E-state index in [1.54, 1.807) is 13.0 Å². The van der Waals surface area contributed by atoms with E-state index in [9.17, 15) is 13.2 Å². The monoisotopic (exact) mass is 483 g/mol. The number of benzene rings is 1. The number of sulfonamides is 1. The van der Waals surface area contributed by atoms with E-state index in [1.165, 1.54) is 28.6 Å². The first-order chi connectivity index (χ1) is 15.2. The molecule has 0 aliphatic carbocycles. The number of nitrogens with zero attached hydrogens (tertiary/aromatic N) is 2. The predicted octanol–water partition coefficient (Wildman–Crippen LogP) is 3.19. The van der Waals surface area contributed by atoms with Crippen molar-refractivity contribution in [3.05, 3.63) is 41.0 Å². The molecule has 0 bridgehead atoms. The number of hydrogen-bond donors (Lipinski definition) is 1. The van der Waals surface area contributed by atoms with E-state index >= 15 is 0 Å². The molecule has 1 N–H and O–H groups in total. The normalized spacial score (nSPS) is 14.9. The van der Waals surface area contributed by atoms with Crippen molar-refractivity contribution >= 4 is 33.2 Å². The van der Waals surface area contributed by atoms with Gasteiger partial charge in [0.1, 0.15) is 5.75 Å². The zero-order chi connectivity index (χ0) is 23.3. The third-order valence-electron chi connectivity index (χ3n) is 4.50. The quantitative estimate of drug-likeness (QED) is 0.614. The van der Waals surface area contributed by atoms with Crippen molar-refractivity contribution < 1.29 is 27.4 Å². The SMILES string of the molecule is CCOc1ccc(Cl)c(C(=O)Nc2cc(S(=O)(=O)N3CCOCC3)ccc2OC(C)C)n1. The number of carbonyl (C=O) groups is 1. The van der Waals surface area contributed by atoms with Gasteiger partial charge >= 0.3 is 0 Å². The summed E-state index contributed by atoms with van der Waals surface area (Å²) in [7, 11) is -3.77. The number of morpholine rings is 1. The molecule has 1 amide bonds. The maximum atomic E-state index is 13.1. The van der Waals surface area contributed by atoms with Crippen molar-refractivity contribution in [2.24, 2.45) is 0 Å². The molecule has 1 aromatic carbocycles. The average Bonchev–Trinajstić information content (AvgIpc) is 2.76. The lowest BCUT2D eigenvalue weighted by Gasteiger charge is -2.26. The Kier molecular flexibility index (Phi) is 7.94. The number of anilines is 1. The Morgan fingerprint density at radius 3 is 2.62 bits per heavy atom. The lowest BCUT2D eigenvalue weighted by Crippen LogP contribution is -2.40. The molecular weight excluding hydrogens is 458 g/mol. The van der Waals surface area contributed by atoms with Crippen LogP contribution in [0.25, 0.3) is 0 Å². The van der Waals surface area contributed by atoms with Gasteiger partial charge in [-0.05, 0) is 45.0 Å². The fraction of sp³-hybridized carbons (Fsp3) is 0.429. The van der Waals surface area contributed by atoms with Crippen LogP contribution in [0.2, 0.25) is 5.02 Å². The van der Waals surface area contributed by atoms with Gasteiger partial charge in [0.05, 0.1) is 41.5 Å². The molecule has 0 atom stereocenters. The van der Waals surface area contributed by atoms with Crippen LogP contribution in [0.3, 0.4) is 0 Å². The molecule has 9 nitrogen and oxygen atoms in total. The lowest BCUT2D eigenvalue weighted by molar-refractivity contribution is 0.0730. The molecule has 1 fully saturated rings. The molecule has 0 unspecified atom stereocenters. The van der Waals surface area contributed by atoms with E-state index < -0.39 is 15.9 Å². The van der Waals surface area contributed by atoms with Crippen molar-refractivity contribution in [1.29, 1.82) is 0 Å². The highest BCUT2D eigenvalue weighted by atomic mass is 35.5. The van der Waals surface area contributed by atoms with E-state index in [-0.39, 0.29) is 46.4 Å². The summed E-state index contributed by atoms with van der Waals surface area (Å²) in [4.78, 5) is 17.1. The fourth-order valence-electron chi connectivity index (χ4n) is 3.05. The molecule has 2 heterocycles. The van der Waals surface area contributed by atoms with Gasteiger partial charge < -0.3 is 19.5 Å². The number of halogens is 1. The molecular formula is C21H26ClN3O6S. The van der Waals surface area contributed by atoms with E-state index in [2.05, 4.69) is 10.3 Å². The minimum absolute atomic E-state index is 0.0351. The molecule has 3 rings (SSSR count). The van der Waals surface area contributed by atoms with E-state index in [0.29, 0.717) is 25.6 Å². The Morgan fingerprint density at radius 2 is 1.97 bits per heavy atom. The van der Waals surface area contributed by atoms with E-state index in [1.807, 2.05) is 13.8 Å². The average molecular weight is 484 g/mol. The Balaban J connectivity index is 1.95. The summed E-state index contributed by atoms with van der Waals surface area (Å²) in [6, 6.07) is 7.43. The molecule has 1 saturated heterocycles. The Morgan fingerprint density at radius 1 is 1.25 bits per heavy atom. The summed E-state index contributed by atoms with van der Waals surface area (Å²) in [6.45, 7) is 7.02. The first-order valence-electron chi connectivity index (χ1n) is 10.2. The van der Waals surface area contributed by atoms with Gasteiger partial charge in [0, 0.05) is 19.2 Å². The summed E-state index contributed by atoms with van der Waals surface area (Å²) in [5, 5.41) is 2.82. The molecule has 174 valence electrons. The first-order valence-corrected chi connectivity index (χ1v) is 12.0. The smallest absolute Gasteiger partial charge is 0.276 e. The Labute approximate surface area is 192 Å². The minimum Gasteiger partial charge on any atom is -0.489 e. The molecule has 1 aliphatic heterocycles. The highest BCUT2D eigenvalue weighted by Gasteiger charge is 2.28. The highest BCUT2D eigenvalue weighted by Crippen LogP contribution is 2.31. The Hall–Kier alpha value is -2.40. The summed E-state index contributed by atoms with van der Waals surface area (Å²) >= 11 is 6.16. The summed E-state index contributed by atoms with van der Waals surface area (Å²) in [5.41, 5.74) is 0.146. The molecule has 2 aromatic rings. The fourth-order valence-corrected chi connectivity index (χ4v) is 4.68. The van der Waals surface area contributed by atoms with Gasteiger partial charge in [0.25, 0.3) is 5.91 Å². The number of amides is 1. The second kappa shape index (κ2) is 10.5. The summed E-state index contributed by atoms with van der Waals surface area (Å²) in [6.07, 6.45) is -0.199. The van der Waals surface area contributed by atoms with Crippen molar-refractivity contribution in [2.45, 2.75) is 31.8 Å². The molecule has 0 saturated carbocycles. The van der Waals surface area contributed by atoms with Crippen LogP contribution < -0.4 is 14.8 Å². The number of nitrogens with one attached hydrogen (secondary N) is 1. The molecule has 1 aromatic heterocycles. The van der Waals surface area contributed by atoms with Gasteiger partial charge in [-0.3, -0.25) is 4.79 Å². The number of pyridine rings is 1. The predicted molar refractivity (Wildman–Crippen MR) is 120 cm³/mol. The highest BCUT2D eigenvalue weighted by molar-refractivity contribution is 7.89. The van der Waals surface area contributed by atoms with Crippen molar-refractivity contribution in [2.75, 3.05) is 38.2 Å². The molecule has 1 aliphatic rings. The van der Waals surface area contributed by atoms with Crippen LogP contribution in [0.5, 0.6) is 11.6 Å². The second-order valence-corrected chi connectivity index (χ2v) is 9.55. The van der Waals surface area contributed by atoms with Crippen molar-refractivity contribution in [1.82, 2.24) is 9.29 Å². The van der Waals surface area contributed by atoms with E-state index in [0.717, 1.165) is 0 Å². The van der Waals surface area contributed by atoms with Crippen LogP contribution in [0, 0.1) is 0 Å². The molecule has 0 spiro atoms. The lowest BCUT2D eigenvalue weighted by atomic mass is 10.2. The van der Waals surface area contributed by atoms with Gasteiger partial charge in [-0.15, -0.1) is 0 Å². The van der Waals surface area contributed by atoms with Gasteiger partial charge in [-0.2, -0.15) is 4.31 Å².